The van der Waals surface area contributed by atoms with Crippen LogP contribution in [0.15, 0.2) is 0 Å². The van der Waals surface area contributed by atoms with E-state index in [-0.39, 0.29) is 43.6 Å². The van der Waals surface area contributed by atoms with Crippen molar-refractivity contribution in [3.8, 4) is 0 Å². The summed E-state index contributed by atoms with van der Waals surface area (Å²) in [5, 5.41) is 9.12. The van der Waals surface area contributed by atoms with Crippen LogP contribution in [0.4, 0.5) is 0 Å². The molecule has 0 bridgehead atoms. The average molecular weight is 302 g/mol. The predicted octanol–water partition coefficient (Wildman–Crippen LogP) is 1.04. The Hall–Kier alpha value is -0.690. The summed E-state index contributed by atoms with van der Waals surface area (Å²) in [6.45, 7) is 3.13. The van der Waals surface area contributed by atoms with Gasteiger partial charge in [0.15, 0.2) is 0 Å². The zero-order valence-electron chi connectivity index (χ0n) is 12.7. The highest BCUT2D eigenvalue weighted by molar-refractivity contribution is 5.65. The van der Waals surface area contributed by atoms with Crippen molar-refractivity contribution in [2.45, 2.75) is 63.4 Å². The number of rotatable bonds is 6. The number of esters is 1. The van der Waals surface area contributed by atoms with E-state index in [9.17, 15) is 4.79 Å². The van der Waals surface area contributed by atoms with E-state index < -0.39 is 0 Å². The molecule has 0 aromatic heterocycles. The van der Waals surface area contributed by atoms with Crippen LogP contribution in [-0.4, -0.2) is 61.9 Å². The van der Waals surface area contributed by atoms with Crippen molar-refractivity contribution in [1.82, 2.24) is 0 Å². The van der Waals surface area contributed by atoms with Gasteiger partial charge >= 0.3 is 5.97 Å². The van der Waals surface area contributed by atoms with Crippen LogP contribution in [0.3, 0.4) is 0 Å². The maximum absolute atomic E-state index is 11.0. The van der Waals surface area contributed by atoms with Crippen LogP contribution in [-0.2, 0) is 23.7 Å². The van der Waals surface area contributed by atoms with Crippen molar-refractivity contribution >= 4 is 5.97 Å². The minimum Gasteiger partial charge on any atom is -0.463 e. The molecule has 2 heterocycles. The van der Waals surface area contributed by atoms with Crippen LogP contribution in [0.5, 0.6) is 0 Å². The molecule has 0 aliphatic carbocycles. The van der Waals surface area contributed by atoms with Crippen LogP contribution in [0.2, 0.25) is 0 Å². The molecular formula is C15H26O6. The van der Waals surface area contributed by atoms with E-state index in [2.05, 4.69) is 0 Å². The maximum Gasteiger partial charge on any atom is 0.302 e. The molecule has 6 nitrogen and oxygen atoms in total. The summed E-state index contributed by atoms with van der Waals surface area (Å²) in [6, 6.07) is 0. The highest BCUT2D eigenvalue weighted by atomic mass is 16.6. The quantitative estimate of drug-likeness (QED) is 0.739. The van der Waals surface area contributed by atoms with Crippen LogP contribution in [0, 0.1) is 0 Å². The number of aliphatic hydroxyl groups excluding tert-OH is 1. The number of hydrogen-bond donors (Lipinski definition) is 1. The molecule has 4 atom stereocenters. The van der Waals surface area contributed by atoms with Crippen molar-refractivity contribution in [3.63, 3.8) is 0 Å². The number of hydrogen-bond acceptors (Lipinski definition) is 6. The topological polar surface area (TPSA) is 74.2 Å². The van der Waals surface area contributed by atoms with Crippen molar-refractivity contribution in [1.29, 1.82) is 0 Å². The third-order valence-corrected chi connectivity index (χ3v) is 3.97. The Balaban J connectivity index is 1.88. The molecule has 6 heteroatoms. The molecule has 0 unspecified atom stereocenters. The molecule has 2 aliphatic rings. The summed E-state index contributed by atoms with van der Waals surface area (Å²) < 4.78 is 22.6. The van der Waals surface area contributed by atoms with Gasteiger partial charge in [0.2, 0.25) is 0 Å². The molecule has 0 amide bonds. The molecule has 2 aliphatic heterocycles. The van der Waals surface area contributed by atoms with Crippen molar-refractivity contribution < 1.29 is 28.8 Å². The highest BCUT2D eigenvalue weighted by Gasteiger charge is 2.34. The van der Waals surface area contributed by atoms with Gasteiger partial charge in [-0.05, 0) is 32.1 Å². The zero-order chi connectivity index (χ0) is 15.1. The van der Waals surface area contributed by atoms with Gasteiger partial charge in [0.1, 0.15) is 12.7 Å². The normalized spacial score (nSPS) is 33.6. The molecular weight excluding hydrogens is 276 g/mol. The molecule has 122 valence electrons. The van der Waals surface area contributed by atoms with E-state index in [1.807, 2.05) is 0 Å². The van der Waals surface area contributed by atoms with Gasteiger partial charge in [-0.3, -0.25) is 4.79 Å². The van der Waals surface area contributed by atoms with E-state index >= 15 is 0 Å². The lowest BCUT2D eigenvalue weighted by Gasteiger charge is -2.38. The molecule has 0 aromatic rings. The van der Waals surface area contributed by atoms with Gasteiger partial charge in [-0.1, -0.05) is 0 Å². The number of ether oxygens (including phenoxy) is 4. The van der Waals surface area contributed by atoms with Gasteiger partial charge in [0.05, 0.1) is 18.3 Å². The summed E-state index contributed by atoms with van der Waals surface area (Å²) in [7, 11) is 0. The molecule has 0 aromatic carbocycles. The fraction of sp³-hybridized carbons (Fsp3) is 0.933. The van der Waals surface area contributed by atoms with E-state index in [1.54, 1.807) is 0 Å². The lowest BCUT2D eigenvalue weighted by atomic mass is 10.0. The van der Waals surface area contributed by atoms with Crippen LogP contribution in [0.1, 0.15) is 39.0 Å². The van der Waals surface area contributed by atoms with Gasteiger partial charge in [-0.15, -0.1) is 0 Å². The molecule has 2 fully saturated rings. The first-order chi connectivity index (χ1) is 10.2. The Bertz CT molecular complexity index is 319. The minimum atomic E-state index is -0.304. The van der Waals surface area contributed by atoms with Gasteiger partial charge in [-0.25, -0.2) is 0 Å². The zero-order valence-corrected chi connectivity index (χ0v) is 12.7. The molecule has 0 saturated carbocycles. The largest absolute Gasteiger partial charge is 0.463 e. The van der Waals surface area contributed by atoms with E-state index in [0.29, 0.717) is 13.0 Å². The summed E-state index contributed by atoms with van der Waals surface area (Å²) >= 11 is 0. The second-order valence-electron chi connectivity index (χ2n) is 5.63. The lowest BCUT2D eigenvalue weighted by molar-refractivity contribution is -0.190. The third-order valence-electron chi connectivity index (χ3n) is 3.97. The monoisotopic (exact) mass is 302 g/mol. The molecule has 2 saturated heterocycles. The number of carbonyl (C=O) groups excluding carboxylic acids is 1. The fourth-order valence-corrected chi connectivity index (χ4v) is 2.91. The van der Waals surface area contributed by atoms with Gasteiger partial charge in [0.25, 0.3) is 0 Å². The summed E-state index contributed by atoms with van der Waals surface area (Å²) in [5.74, 6) is -0.304. The smallest absolute Gasteiger partial charge is 0.302 e. The van der Waals surface area contributed by atoms with Crippen LogP contribution < -0.4 is 0 Å². The molecule has 2 rings (SSSR count). The predicted molar refractivity (Wildman–Crippen MR) is 74.9 cm³/mol. The summed E-state index contributed by atoms with van der Waals surface area (Å²) in [6.07, 6.45) is 3.97. The fourth-order valence-electron chi connectivity index (χ4n) is 2.91. The summed E-state index contributed by atoms with van der Waals surface area (Å²) in [4.78, 5) is 11.0. The Labute approximate surface area is 125 Å². The Morgan fingerprint density at radius 3 is 2.38 bits per heavy atom. The van der Waals surface area contributed by atoms with Gasteiger partial charge < -0.3 is 24.1 Å². The Morgan fingerprint density at radius 1 is 1.14 bits per heavy atom. The molecule has 0 radical (unpaired) electrons. The highest BCUT2D eigenvalue weighted by Crippen LogP contribution is 2.26. The third kappa shape index (κ3) is 5.21. The maximum atomic E-state index is 11.0. The number of carbonyl (C=O) groups is 1. The number of aliphatic hydroxyl groups is 1. The van der Waals surface area contributed by atoms with Crippen LogP contribution >= 0.6 is 0 Å². The molecule has 1 N–H and O–H groups in total. The Kier molecular flexibility index (Phi) is 6.89. The standard InChI is InChI=1S/C15H26O6/c1-11(17)20-10-15-14(5-3-9-19-15)21-13-4-2-8-18-12(13)6-7-16/h12-16H,2-10H2,1H3/t12-,13+,14-,15+/m0/s1. The Morgan fingerprint density at radius 2 is 1.76 bits per heavy atom. The summed E-state index contributed by atoms with van der Waals surface area (Å²) in [5.41, 5.74) is 0. The van der Waals surface area contributed by atoms with Crippen molar-refractivity contribution in [2.75, 3.05) is 26.4 Å². The minimum absolute atomic E-state index is 0.0163. The lowest BCUT2D eigenvalue weighted by Crippen LogP contribution is -2.46. The average Bonchev–Trinajstić information content (AvgIpc) is 2.48. The second kappa shape index (κ2) is 8.68. The molecule has 0 spiro atoms. The van der Waals surface area contributed by atoms with Crippen molar-refractivity contribution in [2.24, 2.45) is 0 Å². The second-order valence-corrected chi connectivity index (χ2v) is 5.63. The first kappa shape index (κ1) is 16.7. The van der Waals surface area contributed by atoms with E-state index in [0.717, 1.165) is 32.3 Å². The van der Waals surface area contributed by atoms with E-state index in [4.69, 9.17) is 24.1 Å². The van der Waals surface area contributed by atoms with Gasteiger partial charge in [-0.2, -0.15) is 0 Å². The molecule has 21 heavy (non-hydrogen) atoms. The first-order valence-corrected chi connectivity index (χ1v) is 7.83. The van der Waals surface area contributed by atoms with Crippen LogP contribution in [0.25, 0.3) is 0 Å². The van der Waals surface area contributed by atoms with E-state index in [1.165, 1.54) is 6.92 Å². The SMILES string of the molecule is CC(=O)OC[C@H]1OCCC[C@@H]1O[C@@H]1CCCO[C@H]1CCO. The first-order valence-electron chi connectivity index (χ1n) is 7.83. The van der Waals surface area contributed by atoms with Crippen molar-refractivity contribution in [3.05, 3.63) is 0 Å². The van der Waals surface area contributed by atoms with Gasteiger partial charge in [0, 0.05) is 26.7 Å².